The molecule has 0 aromatic heterocycles. The Hall–Kier alpha value is -0.210. The summed E-state index contributed by atoms with van der Waals surface area (Å²) in [5.41, 5.74) is 0. The maximum absolute atomic E-state index is 12.6. The number of hydrogen-bond acceptors (Lipinski definition) is 4. The summed E-state index contributed by atoms with van der Waals surface area (Å²) in [4.78, 5) is 0. The number of rotatable bonds is 2. The van der Waals surface area contributed by atoms with Gasteiger partial charge in [-0.25, -0.2) is 0 Å². The van der Waals surface area contributed by atoms with E-state index in [9.17, 15) is 8.42 Å². The molecule has 0 aliphatic carbocycles. The lowest BCUT2D eigenvalue weighted by Gasteiger charge is -2.38. The lowest BCUT2D eigenvalue weighted by Crippen LogP contribution is -2.55. The van der Waals surface area contributed by atoms with Crippen LogP contribution >= 0.6 is 0 Å². The minimum Gasteiger partial charge on any atom is -0.375 e. The van der Waals surface area contributed by atoms with Crippen molar-refractivity contribution in [2.75, 3.05) is 39.3 Å². The van der Waals surface area contributed by atoms with Crippen LogP contribution < -0.4 is 5.32 Å². The fraction of sp³-hybridized carbons (Fsp3) is 1.00. The monoisotopic (exact) mass is 277 g/mol. The number of nitrogens with zero attached hydrogens (tertiary/aromatic N) is 2. The zero-order chi connectivity index (χ0) is 13.2. The number of hydrogen-bond donors (Lipinski definition) is 1. The van der Waals surface area contributed by atoms with Gasteiger partial charge >= 0.3 is 0 Å². The Morgan fingerprint density at radius 3 is 2.78 bits per heavy atom. The standard InChI is InChI=1S/C11H23N3O3S/c1-10-9-17-11(2)8-14(10)18(15,16)13-6-3-4-12-5-7-13/h10-12H,3-9H2,1-2H3/t10-,11-/m1/s1. The van der Waals surface area contributed by atoms with E-state index >= 15 is 0 Å². The molecule has 2 aliphatic heterocycles. The summed E-state index contributed by atoms with van der Waals surface area (Å²) in [5.74, 6) is 0. The molecule has 0 radical (unpaired) electrons. The highest BCUT2D eigenvalue weighted by molar-refractivity contribution is 7.86. The molecule has 2 atom stereocenters. The summed E-state index contributed by atoms with van der Waals surface area (Å²) in [6.45, 7) is 7.53. The van der Waals surface area contributed by atoms with Crippen LogP contribution in [0, 0.1) is 0 Å². The molecule has 2 heterocycles. The highest BCUT2D eigenvalue weighted by atomic mass is 32.2. The topological polar surface area (TPSA) is 61.9 Å². The largest absolute Gasteiger partial charge is 0.375 e. The van der Waals surface area contributed by atoms with Gasteiger partial charge in [-0.05, 0) is 26.8 Å². The van der Waals surface area contributed by atoms with E-state index in [1.807, 2.05) is 13.8 Å². The first-order chi connectivity index (χ1) is 8.51. The van der Waals surface area contributed by atoms with Crippen LogP contribution in [0.2, 0.25) is 0 Å². The van der Waals surface area contributed by atoms with Gasteiger partial charge in [-0.3, -0.25) is 0 Å². The first kappa shape index (κ1) is 14.2. The normalized spacial score (nSPS) is 33.2. The van der Waals surface area contributed by atoms with E-state index in [0.717, 1.165) is 19.5 Å². The van der Waals surface area contributed by atoms with Crippen LogP contribution in [0.1, 0.15) is 20.3 Å². The van der Waals surface area contributed by atoms with Crippen molar-refractivity contribution in [3.8, 4) is 0 Å². The summed E-state index contributed by atoms with van der Waals surface area (Å²) in [5, 5.41) is 3.22. The first-order valence-corrected chi connectivity index (χ1v) is 8.01. The van der Waals surface area contributed by atoms with Gasteiger partial charge in [-0.15, -0.1) is 0 Å². The van der Waals surface area contributed by atoms with E-state index in [1.54, 1.807) is 8.61 Å². The van der Waals surface area contributed by atoms with Crippen molar-refractivity contribution in [3.05, 3.63) is 0 Å². The summed E-state index contributed by atoms with van der Waals surface area (Å²) in [6, 6.07) is -0.0811. The molecule has 0 spiro atoms. The third-order valence-electron chi connectivity index (χ3n) is 3.47. The highest BCUT2D eigenvalue weighted by Crippen LogP contribution is 2.19. The van der Waals surface area contributed by atoms with Crippen molar-refractivity contribution < 1.29 is 13.2 Å². The molecule has 0 aromatic rings. The molecule has 18 heavy (non-hydrogen) atoms. The van der Waals surface area contributed by atoms with Gasteiger partial charge in [0.25, 0.3) is 10.2 Å². The second-order valence-electron chi connectivity index (χ2n) is 5.07. The SMILES string of the molecule is C[C@@H]1CN(S(=O)(=O)N2CCCNCC2)[C@H](C)CO1. The molecule has 2 rings (SSSR count). The van der Waals surface area contributed by atoms with Gasteiger partial charge in [0.05, 0.1) is 12.7 Å². The molecule has 106 valence electrons. The Balaban J connectivity index is 2.12. The van der Waals surface area contributed by atoms with E-state index in [0.29, 0.717) is 26.2 Å². The quantitative estimate of drug-likeness (QED) is 0.748. The summed E-state index contributed by atoms with van der Waals surface area (Å²) in [7, 11) is -3.34. The van der Waals surface area contributed by atoms with Crippen LogP contribution in [-0.2, 0) is 14.9 Å². The molecule has 0 unspecified atom stereocenters. The fourth-order valence-electron chi connectivity index (χ4n) is 2.39. The maximum Gasteiger partial charge on any atom is 0.282 e. The van der Waals surface area contributed by atoms with Crippen molar-refractivity contribution in [2.45, 2.75) is 32.4 Å². The van der Waals surface area contributed by atoms with E-state index in [-0.39, 0.29) is 12.1 Å². The minimum absolute atomic E-state index is 0.0268. The van der Waals surface area contributed by atoms with E-state index < -0.39 is 10.2 Å². The number of nitrogens with one attached hydrogen (secondary N) is 1. The summed E-state index contributed by atoms with van der Waals surface area (Å²) < 4.78 is 33.9. The average molecular weight is 277 g/mol. The predicted octanol–water partition coefficient (Wildman–Crippen LogP) is -0.364. The zero-order valence-corrected chi connectivity index (χ0v) is 11.9. The van der Waals surface area contributed by atoms with Crippen LogP contribution in [0.15, 0.2) is 0 Å². The van der Waals surface area contributed by atoms with Crippen molar-refractivity contribution in [1.29, 1.82) is 0 Å². The first-order valence-electron chi connectivity index (χ1n) is 6.61. The second-order valence-corrected chi connectivity index (χ2v) is 6.95. The molecule has 2 fully saturated rings. The number of ether oxygens (including phenoxy) is 1. The Labute approximate surface area is 109 Å². The van der Waals surface area contributed by atoms with Crippen LogP contribution in [0.5, 0.6) is 0 Å². The van der Waals surface area contributed by atoms with Gasteiger partial charge in [-0.2, -0.15) is 17.0 Å². The Morgan fingerprint density at radius 2 is 2.00 bits per heavy atom. The number of morpholine rings is 1. The molecular weight excluding hydrogens is 254 g/mol. The van der Waals surface area contributed by atoms with Crippen LogP contribution in [0.25, 0.3) is 0 Å². The van der Waals surface area contributed by atoms with Crippen LogP contribution in [0.3, 0.4) is 0 Å². The highest BCUT2D eigenvalue weighted by Gasteiger charge is 2.36. The molecular formula is C11H23N3O3S. The van der Waals surface area contributed by atoms with Crippen LogP contribution in [0.4, 0.5) is 0 Å². The molecule has 0 amide bonds. The van der Waals surface area contributed by atoms with Crippen molar-refractivity contribution in [1.82, 2.24) is 13.9 Å². The maximum atomic E-state index is 12.6. The molecule has 1 N–H and O–H groups in total. The molecule has 0 saturated carbocycles. The molecule has 2 aliphatic rings. The Kier molecular flexibility index (Phi) is 4.60. The Bertz CT molecular complexity index is 366. The Morgan fingerprint density at radius 1 is 1.22 bits per heavy atom. The van der Waals surface area contributed by atoms with E-state index in [1.165, 1.54) is 0 Å². The molecule has 7 heteroatoms. The van der Waals surface area contributed by atoms with Crippen LogP contribution in [-0.4, -0.2) is 68.5 Å². The third kappa shape index (κ3) is 3.03. The van der Waals surface area contributed by atoms with Gasteiger partial charge in [0, 0.05) is 32.2 Å². The third-order valence-corrected chi connectivity index (χ3v) is 5.59. The van der Waals surface area contributed by atoms with Crippen molar-refractivity contribution >= 4 is 10.2 Å². The average Bonchev–Trinajstić information content (AvgIpc) is 2.61. The van der Waals surface area contributed by atoms with E-state index in [4.69, 9.17) is 4.74 Å². The predicted molar refractivity (Wildman–Crippen MR) is 69.6 cm³/mol. The van der Waals surface area contributed by atoms with Crippen molar-refractivity contribution in [3.63, 3.8) is 0 Å². The van der Waals surface area contributed by atoms with Crippen molar-refractivity contribution in [2.24, 2.45) is 0 Å². The smallest absolute Gasteiger partial charge is 0.282 e. The molecule has 0 aromatic carbocycles. The van der Waals surface area contributed by atoms with Gasteiger partial charge < -0.3 is 10.1 Å². The van der Waals surface area contributed by atoms with Gasteiger partial charge in [0.1, 0.15) is 0 Å². The minimum atomic E-state index is -3.34. The zero-order valence-electron chi connectivity index (χ0n) is 11.1. The molecule has 0 bridgehead atoms. The molecule has 2 saturated heterocycles. The molecule has 6 nitrogen and oxygen atoms in total. The second kappa shape index (κ2) is 5.83. The summed E-state index contributed by atoms with van der Waals surface area (Å²) >= 11 is 0. The lowest BCUT2D eigenvalue weighted by atomic mass is 10.2. The van der Waals surface area contributed by atoms with Gasteiger partial charge in [-0.1, -0.05) is 0 Å². The van der Waals surface area contributed by atoms with Gasteiger partial charge in [0.15, 0.2) is 0 Å². The van der Waals surface area contributed by atoms with E-state index in [2.05, 4.69) is 5.32 Å². The fourth-order valence-corrected chi connectivity index (χ4v) is 4.29. The van der Waals surface area contributed by atoms with Gasteiger partial charge in [0.2, 0.25) is 0 Å². The summed E-state index contributed by atoms with van der Waals surface area (Å²) in [6.07, 6.45) is 0.842. The lowest BCUT2D eigenvalue weighted by molar-refractivity contribution is -0.0190.